The van der Waals surface area contributed by atoms with Gasteiger partial charge in [0, 0.05) is 24.4 Å². The van der Waals surface area contributed by atoms with Crippen LogP contribution in [0, 0.1) is 12.8 Å². The molecule has 2 unspecified atom stereocenters. The number of aliphatic hydroxyl groups is 1. The minimum atomic E-state index is -0.965. The fraction of sp³-hybridized carbons (Fsp3) is 0.409. The van der Waals surface area contributed by atoms with E-state index in [2.05, 4.69) is 43.1 Å². The molecule has 0 saturated heterocycles. The average molecular weight is 338 g/mol. The molecule has 0 aliphatic heterocycles. The summed E-state index contributed by atoms with van der Waals surface area (Å²) in [5, 5.41) is 10.8. The molecule has 1 aromatic carbocycles. The molecule has 0 spiro atoms. The maximum atomic E-state index is 10.8. The fourth-order valence-corrected chi connectivity index (χ4v) is 2.87. The molecule has 0 aliphatic carbocycles. The van der Waals surface area contributed by atoms with Crippen molar-refractivity contribution < 1.29 is 5.11 Å². The molecular formula is C22H30N2O. The highest BCUT2D eigenvalue weighted by Gasteiger charge is 2.30. The van der Waals surface area contributed by atoms with Gasteiger partial charge in [-0.3, -0.25) is 4.98 Å². The standard InChI is InChI=1S/C22H30N2O/c1-16(2)12-21(23)22(4,25)14-20-13-19(17(3)15-24-20)11-10-18-8-6-5-7-9-18/h5-11,13,15-16,21,25H,12,14,23H2,1-4H3/b11-10+. The Balaban J connectivity index is 2.16. The van der Waals surface area contributed by atoms with Crippen LogP contribution >= 0.6 is 0 Å². The largest absolute Gasteiger partial charge is 0.388 e. The summed E-state index contributed by atoms with van der Waals surface area (Å²) in [5.74, 6) is 0.455. The van der Waals surface area contributed by atoms with E-state index in [0.717, 1.165) is 28.8 Å². The summed E-state index contributed by atoms with van der Waals surface area (Å²) in [6.07, 6.45) is 7.30. The molecule has 134 valence electrons. The van der Waals surface area contributed by atoms with Crippen LogP contribution in [0.3, 0.4) is 0 Å². The number of pyridine rings is 1. The molecule has 0 bridgehead atoms. The Morgan fingerprint density at radius 1 is 1.20 bits per heavy atom. The molecule has 3 heteroatoms. The predicted octanol–water partition coefficient (Wildman–Crippen LogP) is 4.23. The quantitative estimate of drug-likeness (QED) is 0.794. The Morgan fingerprint density at radius 2 is 1.88 bits per heavy atom. The first-order valence-corrected chi connectivity index (χ1v) is 8.94. The topological polar surface area (TPSA) is 59.1 Å². The minimum Gasteiger partial charge on any atom is -0.388 e. The van der Waals surface area contributed by atoms with E-state index >= 15 is 0 Å². The second kappa shape index (κ2) is 8.41. The van der Waals surface area contributed by atoms with Crippen LogP contribution in [0.2, 0.25) is 0 Å². The number of rotatable bonds is 7. The third kappa shape index (κ3) is 5.80. The third-order valence-electron chi connectivity index (χ3n) is 4.52. The second-order valence-electron chi connectivity index (χ2n) is 7.55. The molecule has 0 radical (unpaired) electrons. The molecule has 1 heterocycles. The summed E-state index contributed by atoms with van der Waals surface area (Å²) in [6, 6.07) is 12.0. The van der Waals surface area contributed by atoms with E-state index in [-0.39, 0.29) is 6.04 Å². The van der Waals surface area contributed by atoms with Crippen LogP contribution in [-0.4, -0.2) is 21.7 Å². The maximum Gasteiger partial charge on any atom is 0.0825 e. The number of aromatic nitrogens is 1. The predicted molar refractivity (Wildman–Crippen MR) is 106 cm³/mol. The third-order valence-corrected chi connectivity index (χ3v) is 4.52. The van der Waals surface area contributed by atoms with Gasteiger partial charge in [-0.15, -0.1) is 0 Å². The normalized spacial score (nSPS) is 15.5. The number of aryl methyl sites for hydroxylation is 1. The molecule has 1 aromatic heterocycles. The van der Waals surface area contributed by atoms with Crippen LogP contribution < -0.4 is 5.73 Å². The Labute approximate surface area is 151 Å². The lowest BCUT2D eigenvalue weighted by Gasteiger charge is -2.31. The Kier molecular flexibility index (Phi) is 6.51. The number of benzene rings is 1. The van der Waals surface area contributed by atoms with Gasteiger partial charge in [-0.2, -0.15) is 0 Å². The zero-order chi connectivity index (χ0) is 18.4. The SMILES string of the molecule is Cc1cnc(CC(C)(O)C(N)CC(C)C)cc1/C=C/c1ccccc1. The van der Waals surface area contributed by atoms with Crippen LogP contribution in [-0.2, 0) is 6.42 Å². The molecule has 3 nitrogen and oxygen atoms in total. The summed E-state index contributed by atoms with van der Waals surface area (Å²) in [5.41, 5.74) is 9.49. The van der Waals surface area contributed by atoms with Crippen LogP contribution in [0.5, 0.6) is 0 Å². The van der Waals surface area contributed by atoms with E-state index in [1.165, 1.54) is 0 Å². The second-order valence-corrected chi connectivity index (χ2v) is 7.55. The summed E-state index contributed by atoms with van der Waals surface area (Å²) in [7, 11) is 0. The first-order valence-electron chi connectivity index (χ1n) is 8.94. The summed E-state index contributed by atoms with van der Waals surface area (Å²) < 4.78 is 0. The zero-order valence-electron chi connectivity index (χ0n) is 15.7. The van der Waals surface area contributed by atoms with Crippen molar-refractivity contribution in [1.29, 1.82) is 0 Å². The lowest BCUT2D eigenvalue weighted by atomic mass is 9.86. The van der Waals surface area contributed by atoms with Crippen molar-refractivity contribution in [2.24, 2.45) is 11.7 Å². The van der Waals surface area contributed by atoms with Crippen molar-refractivity contribution in [3.05, 3.63) is 65.0 Å². The van der Waals surface area contributed by atoms with Gasteiger partial charge in [-0.05, 0) is 48.9 Å². The molecule has 0 saturated carbocycles. The van der Waals surface area contributed by atoms with Gasteiger partial charge >= 0.3 is 0 Å². The molecule has 0 aliphatic rings. The lowest BCUT2D eigenvalue weighted by Crippen LogP contribution is -2.48. The average Bonchev–Trinajstić information content (AvgIpc) is 2.55. The molecular weight excluding hydrogens is 308 g/mol. The Morgan fingerprint density at radius 3 is 2.52 bits per heavy atom. The number of hydrogen-bond donors (Lipinski definition) is 2. The van der Waals surface area contributed by atoms with Crippen molar-refractivity contribution >= 4 is 12.2 Å². The van der Waals surface area contributed by atoms with E-state index in [0.29, 0.717) is 12.3 Å². The van der Waals surface area contributed by atoms with Gasteiger partial charge in [-0.1, -0.05) is 56.3 Å². The van der Waals surface area contributed by atoms with E-state index in [1.807, 2.05) is 37.4 Å². The summed E-state index contributed by atoms with van der Waals surface area (Å²) in [4.78, 5) is 4.49. The van der Waals surface area contributed by atoms with Crippen molar-refractivity contribution in [3.63, 3.8) is 0 Å². The molecule has 0 amide bonds. The molecule has 2 aromatic rings. The first-order chi connectivity index (χ1) is 11.8. The Bertz CT molecular complexity index is 705. The summed E-state index contributed by atoms with van der Waals surface area (Å²) in [6.45, 7) is 8.09. The van der Waals surface area contributed by atoms with Crippen molar-refractivity contribution in [2.45, 2.75) is 52.2 Å². The molecule has 2 atom stereocenters. The van der Waals surface area contributed by atoms with E-state index in [4.69, 9.17) is 5.73 Å². The van der Waals surface area contributed by atoms with Gasteiger partial charge in [0.15, 0.2) is 0 Å². The highest BCUT2D eigenvalue weighted by Crippen LogP contribution is 2.22. The number of nitrogens with zero attached hydrogens (tertiary/aromatic N) is 1. The molecule has 2 rings (SSSR count). The van der Waals surface area contributed by atoms with Gasteiger partial charge in [-0.25, -0.2) is 0 Å². The highest BCUT2D eigenvalue weighted by atomic mass is 16.3. The number of hydrogen-bond acceptors (Lipinski definition) is 3. The van der Waals surface area contributed by atoms with Crippen LogP contribution in [0.1, 0.15) is 49.6 Å². The van der Waals surface area contributed by atoms with Gasteiger partial charge in [0.05, 0.1) is 5.60 Å². The molecule has 3 N–H and O–H groups in total. The smallest absolute Gasteiger partial charge is 0.0825 e. The van der Waals surface area contributed by atoms with Crippen molar-refractivity contribution in [2.75, 3.05) is 0 Å². The van der Waals surface area contributed by atoms with E-state index in [9.17, 15) is 5.11 Å². The van der Waals surface area contributed by atoms with Gasteiger partial charge in [0.25, 0.3) is 0 Å². The van der Waals surface area contributed by atoms with Crippen LogP contribution in [0.4, 0.5) is 0 Å². The first kappa shape index (κ1) is 19.4. The molecule has 25 heavy (non-hydrogen) atoms. The number of nitrogens with two attached hydrogens (primary N) is 1. The van der Waals surface area contributed by atoms with Crippen molar-refractivity contribution in [1.82, 2.24) is 4.98 Å². The fourth-order valence-electron chi connectivity index (χ4n) is 2.87. The van der Waals surface area contributed by atoms with E-state index < -0.39 is 5.60 Å². The highest BCUT2D eigenvalue weighted by molar-refractivity contribution is 5.71. The zero-order valence-corrected chi connectivity index (χ0v) is 15.7. The lowest BCUT2D eigenvalue weighted by molar-refractivity contribution is 0.0255. The van der Waals surface area contributed by atoms with E-state index in [1.54, 1.807) is 6.92 Å². The van der Waals surface area contributed by atoms with Crippen LogP contribution in [0.15, 0.2) is 42.6 Å². The van der Waals surface area contributed by atoms with Gasteiger partial charge in [0.1, 0.15) is 0 Å². The minimum absolute atomic E-state index is 0.265. The summed E-state index contributed by atoms with van der Waals surface area (Å²) >= 11 is 0. The molecule has 0 fully saturated rings. The van der Waals surface area contributed by atoms with Gasteiger partial charge in [0.2, 0.25) is 0 Å². The van der Waals surface area contributed by atoms with Gasteiger partial charge < -0.3 is 10.8 Å². The van der Waals surface area contributed by atoms with Crippen LogP contribution in [0.25, 0.3) is 12.2 Å². The Hall–Kier alpha value is -1.97. The maximum absolute atomic E-state index is 10.8. The monoisotopic (exact) mass is 338 g/mol. The van der Waals surface area contributed by atoms with Crippen molar-refractivity contribution in [3.8, 4) is 0 Å².